The van der Waals surface area contributed by atoms with Gasteiger partial charge in [-0.15, -0.1) is 0 Å². The van der Waals surface area contributed by atoms with E-state index in [0.717, 1.165) is 5.57 Å². The van der Waals surface area contributed by atoms with Gasteiger partial charge < -0.3 is 0 Å². The molecule has 4 aromatic carbocycles. The second kappa shape index (κ2) is 14.1. The Morgan fingerprint density at radius 3 is 0.944 bits per heavy atom. The molecule has 4 heteroatoms. The summed E-state index contributed by atoms with van der Waals surface area (Å²) in [5.74, 6) is 0. The van der Waals surface area contributed by atoms with Gasteiger partial charge in [0.1, 0.15) is 0 Å². The SMILES string of the molecule is C=C(CON(Cc1ccccc1)Cc1ccccc1)CON(Cc1ccccc1)Cc1ccccc1. The molecule has 36 heavy (non-hydrogen) atoms. The molecule has 0 heterocycles. The van der Waals surface area contributed by atoms with Gasteiger partial charge in [0.05, 0.1) is 13.2 Å². The van der Waals surface area contributed by atoms with Crippen LogP contribution >= 0.6 is 0 Å². The predicted molar refractivity (Wildman–Crippen MR) is 145 cm³/mol. The molecule has 0 spiro atoms. The fourth-order valence-electron chi connectivity index (χ4n) is 3.85. The van der Waals surface area contributed by atoms with Crippen LogP contribution in [0, 0.1) is 0 Å². The lowest BCUT2D eigenvalue weighted by Crippen LogP contribution is -2.27. The Hall–Kier alpha value is -3.54. The van der Waals surface area contributed by atoms with Crippen molar-refractivity contribution in [3.8, 4) is 0 Å². The molecular weight excluding hydrogens is 444 g/mol. The van der Waals surface area contributed by atoms with E-state index in [-0.39, 0.29) is 0 Å². The standard InChI is InChI=1S/C32H34N2O2/c1-28(26-35-33(22-29-14-6-2-7-15-29)23-30-16-8-3-9-17-30)27-36-34(24-31-18-10-4-11-19-31)25-32-20-12-5-13-21-32/h2-21H,1,22-27H2. The van der Waals surface area contributed by atoms with Gasteiger partial charge >= 0.3 is 0 Å². The highest BCUT2D eigenvalue weighted by molar-refractivity contribution is 5.18. The van der Waals surface area contributed by atoms with Crippen LogP contribution in [-0.2, 0) is 35.9 Å². The third-order valence-corrected chi connectivity index (χ3v) is 5.71. The molecule has 0 saturated carbocycles. The highest BCUT2D eigenvalue weighted by Gasteiger charge is 2.12. The highest BCUT2D eigenvalue weighted by Crippen LogP contribution is 2.14. The summed E-state index contributed by atoms with van der Waals surface area (Å²) in [6.07, 6.45) is 0. The molecule has 0 amide bonds. The molecule has 4 aromatic rings. The van der Waals surface area contributed by atoms with Crippen LogP contribution in [0.15, 0.2) is 133 Å². The molecule has 0 aliphatic carbocycles. The molecule has 4 nitrogen and oxygen atoms in total. The normalized spacial score (nSPS) is 11.2. The van der Waals surface area contributed by atoms with Crippen LogP contribution < -0.4 is 0 Å². The van der Waals surface area contributed by atoms with Crippen LogP contribution in [0.3, 0.4) is 0 Å². The summed E-state index contributed by atoms with van der Waals surface area (Å²) in [7, 11) is 0. The minimum Gasteiger partial charge on any atom is -0.294 e. The van der Waals surface area contributed by atoms with E-state index in [1.807, 2.05) is 34.4 Å². The van der Waals surface area contributed by atoms with E-state index in [2.05, 4.69) is 104 Å². The second-order valence-corrected chi connectivity index (χ2v) is 8.84. The van der Waals surface area contributed by atoms with Gasteiger partial charge in [0.2, 0.25) is 0 Å². The number of hydrogen-bond acceptors (Lipinski definition) is 4. The number of hydrogen-bond donors (Lipinski definition) is 0. The maximum atomic E-state index is 6.22. The van der Waals surface area contributed by atoms with Crippen molar-refractivity contribution in [1.82, 2.24) is 10.1 Å². The lowest BCUT2D eigenvalue weighted by atomic mass is 10.2. The summed E-state index contributed by atoms with van der Waals surface area (Å²) in [6, 6.07) is 41.5. The Morgan fingerprint density at radius 2 is 0.694 bits per heavy atom. The minimum absolute atomic E-state index is 0.393. The molecule has 0 N–H and O–H groups in total. The Balaban J connectivity index is 1.33. The fraction of sp³-hybridized carbons (Fsp3) is 0.188. The first-order valence-corrected chi connectivity index (χ1v) is 12.3. The average molecular weight is 479 g/mol. The van der Waals surface area contributed by atoms with Gasteiger partial charge in [-0.25, -0.2) is 0 Å². The van der Waals surface area contributed by atoms with Gasteiger partial charge in [-0.3, -0.25) is 9.68 Å². The molecule has 0 aromatic heterocycles. The maximum Gasteiger partial charge on any atom is 0.0916 e. The molecule has 0 atom stereocenters. The predicted octanol–water partition coefficient (Wildman–Crippen LogP) is 6.81. The Bertz CT molecular complexity index is 976. The van der Waals surface area contributed by atoms with Crippen molar-refractivity contribution in [2.24, 2.45) is 0 Å². The van der Waals surface area contributed by atoms with Gasteiger partial charge in [0.15, 0.2) is 0 Å². The molecule has 0 unspecified atom stereocenters. The van der Waals surface area contributed by atoms with Crippen molar-refractivity contribution in [2.75, 3.05) is 13.2 Å². The highest BCUT2D eigenvalue weighted by atomic mass is 16.7. The maximum absolute atomic E-state index is 6.22. The lowest BCUT2D eigenvalue weighted by molar-refractivity contribution is -0.183. The number of benzene rings is 4. The van der Waals surface area contributed by atoms with Crippen LogP contribution in [0.25, 0.3) is 0 Å². The number of hydroxylamine groups is 4. The minimum atomic E-state index is 0.393. The summed E-state index contributed by atoms with van der Waals surface area (Å²) in [6.45, 7) is 7.78. The first-order chi connectivity index (χ1) is 17.7. The first kappa shape index (κ1) is 25.5. The van der Waals surface area contributed by atoms with Crippen LogP contribution in [0.4, 0.5) is 0 Å². The molecule has 0 saturated heterocycles. The van der Waals surface area contributed by atoms with Crippen LogP contribution in [0.1, 0.15) is 22.3 Å². The van der Waals surface area contributed by atoms with E-state index in [4.69, 9.17) is 9.68 Å². The zero-order valence-corrected chi connectivity index (χ0v) is 20.7. The van der Waals surface area contributed by atoms with Crippen molar-refractivity contribution in [3.05, 3.63) is 156 Å². The molecular formula is C32H34N2O2. The van der Waals surface area contributed by atoms with Crippen molar-refractivity contribution < 1.29 is 9.68 Å². The molecule has 0 radical (unpaired) electrons. The van der Waals surface area contributed by atoms with Crippen LogP contribution in [0.2, 0.25) is 0 Å². The van der Waals surface area contributed by atoms with Crippen molar-refractivity contribution in [1.29, 1.82) is 0 Å². The molecule has 0 aliphatic heterocycles. The molecule has 184 valence electrons. The van der Waals surface area contributed by atoms with Crippen molar-refractivity contribution >= 4 is 0 Å². The largest absolute Gasteiger partial charge is 0.294 e. The molecule has 0 fully saturated rings. The van der Waals surface area contributed by atoms with Gasteiger partial charge in [-0.1, -0.05) is 128 Å². The fourth-order valence-corrected chi connectivity index (χ4v) is 3.85. The third-order valence-electron chi connectivity index (χ3n) is 5.71. The van der Waals surface area contributed by atoms with E-state index >= 15 is 0 Å². The molecule has 0 bridgehead atoms. The van der Waals surface area contributed by atoms with Crippen molar-refractivity contribution in [3.63, 3.8) is 0 Å². The third kappa shape index (κ3) is 8.91. The quantitative estimate of drug-likeness (QED) is 0.147. The van der Waals surface area contributed by atoms with E-state index in [1.54, 1.807) is 0 Å². The van der Waals surface area contributed by atoms with E-state index < -0.39 is 0 Å². The summed E-state index contributed by atoms with van der Waals surface area (Å²) in [5.41, 5.74) is 5.69. The molecule has 4 rings (SSSR count). The van der Waals surface area contributed by atoms with Crippen LogP contribution in [-0.4, -0.2) is 23.3 Å². The van der Waals surface area contributed by atoms with E-state index in [1.165, 1.54) is 22.3 Å². The summed E-state index contributed by atoms with van der Waals surface area (Å²) in [5, 5.41) is 3.98. The number of rotatable bonds is 14. The van der Waals surface area contributed by atoms with Gasteiger partial charge in [0, 0.05) is 26.2 Å². The Labute approximate surface area is 214 Å². The molecule has 0 aliphatic rings. The smallest absolute Gasteiger partial charge is 0.0916 e. The zero-order valence-electron chi connectivity index (χ0n) is 20.7. The van der Waals surface area contributed by atoms with Gasteiger partial charge in [-0.2, -0.15) is 10.1 Å². The average Bonchev–Trinajstić information content (AvgIpc) is 2.93. The van der Waals surface area contributed by atoms with Gasteiger partial charge in [0.25, 0.3) is 0 Å². The van der Waals surface area contributed by atoms with E-state index in [0.29, 0.717) is 39.4 Å². The lowest BCUT2D eigenvalue weighted by Gasteiger charge is -2.25. The summed E-state index contributed by atoms with van der Waals surface area (Å²) in [4.78, 5) is 12.4. The first-order valence-electron chi connectivity index (χ1n) is 12.3. The number of nitrogens with zero attached hydrogens (tertiary/aromatic N) is 2. The zero-order chi connectivity index (χ0) is 24.8. The van der Waals surface area contributed by atoms with Crippen LogP contribution in [0.5, 0.6) is 0 Å². The monoisotopic (exact) mass is 478 g/mol. The van der Waals surface area contributed by atoms with Crippen molar-refractivity contribution in [2.45, 2.75) is 26.2 Å². The Morgan fingerprint density at radius 1 is 0.444 bits per heavy atom. The Kier molecular flexibility index (Phi) is 10.0. The van der Waals surface area contributed by atoms with E-state index in [9.17, 15) is 0 Å². The second-order valence-electron chi connectivity index (χ2n) is 8.84. The summed E-state index contributed by atoms with van der Waals surface area (Å²) < 4.78 is 0. The van der Waals surface area contributed by atoms with Gasteiger partial charge in [-0.05, 0) is 27.8 Å². The summed E-state index contributed by atoms with van der Waals surface area (Å²) >= 11 is 0. The topological polar surface area (TPSA) is 24.9 Å².